The van der Waals surface area contributed by atoms with E-state index in [2.05, 4.69) is 53.6 Å². The van der Waals surface area contributed by atoms with Gasteiger partial charge in [0.2, 0.25) is 5.89 Å². The zero-order valence-electron chi connectivity index (χ0n) is 14.5. The fraction of sp³-hybridized carbons (Fsp3) is 0.368. The zero-order chi connectivity index (χ0) is 17.1. The Morgan fingerprint density at radius 3 is 2.46 bits per heavy atom. The zero-order valence-corrected chi connectivity index (χ0v) is 14.5. The van der Waals surface area contributed by atoms with Crippen molar-refractivity contribution in [3.63, 3.8) is 0 Å². The van der Waals surface area contributed by atoms with Gasteiger partial charge >= 0.3 is 0 Å². The van der Waals surface area contributed by atoms with Gasteiger partial charge in [0, 0.05) is 6.04 Å². The van der Waals surface area contributed by atoms with Gasteiger partial charge in [-0.3, -0.25) is 0 Å². The van der Waals surface area contributed by atoms with Crippen LogP contribution >= 0.6 is 0 Å². The maximum absolute atomic E-state index is 5.75. The van der Waals surface area contributed by atoms with Crippen molar-refractivity contribution < 1.29 is 8.83 Å². The molecule has 0 spiro atoms. The minimum Gasteiger partial charge on any atom is -0.466 e. The first-order valence-electron chi connectivity index (χ1n) is 8.22. The van der Waals surface area contributed by atoms with E-state index in [-0.39, 0.29) is 0 Å². The van der Waals surface area contributed by atoms with Crippen LogP contribution in [0, 0.1) is 13.8 Å². The SMILES string of the molecule is Cc1cc(-c2nnc(CN[C@@H](C)[C@H](C)c3ccccc3)o2)c(C)o1. The van der Waals surface area contributed by atoms with Crippen LogP contribution in [0.25, 0.3) is 11.5 Å². The average Bonchev–Trinajstić information content (AvgIpc) is 3.18. The van der Waals surface area contributed by atoms with Gasteiger partial charge in [-0.1, -0.05) is 37.3 Å². The van der Waals surface area contributed by atoms with Crippen molar-refractivity contribution in [1.82, 2.24) is 15.5 Å². The Labute approximate surface area is 142 Å². The Bertz CT molecular complexity index is 792. The van der Waals surface area contributed by atoms with Gasteiger partial charge in [0.05, 0.1) is 12.1 Å². The molecular formula is C19H23N3O2. The summed E-state index contributed by atoms with van der Waals surface area (Å²) in [6.45, 7) is 8.72. The number of rotatable bonds is 6. The average molecular weight is 325 g/mol. The number of nitrogens with zero attached hydrogens (tertiary/aromatic N) is 2. The van der Waals surface area contributed by atoms with E-state index in [1.165, 1.54) is 5.56 Å². The molecule has 1 N–H and O–H groups in total. The summed E-state index contributed by atoms with van der Waals surface area (Å²) in [5.74, 6) is 3.11. The third kappa shape index (κ3) is 3.57. The minimum absolute atomic E-state index is 0.292. The van der Waals surface area contributed by atoms with E-state index in [9.17, 15) is 0 Å². The smallest absolute Gasteiger partial charge is 0.251 e. The molecule has 0 saturated heterocycles. The monoisotopic (exact) mass is 325 g/mol. The van der Waals surface area contributed by atoms with Crippen molar-refractivity contribution in [1.29, 1.82) is 0 Å². The summed E-state index contributed by atoms with van der Waals surface area (Å²) in [5.41, 5.74) is 2.17. The van der Waals surface area contributed by atoms with Gasteiger partial charge in [0.1, 0.15) is 11.5 Å². The molecule has 3 rings (SSSR count). The van der Waals surface area contributed by atoms with Crippen molar-refractivity contribution in [2.24, 2.45) is 0 Å². The van der Waals surface area contributed by atoms with Crippen molar-refractivity contribution in [2.75, 3.05) is 0 Å². The van der Waals surface area contributed by atoms with E-state index < -0.39 is 0 Å². The fourth-order valence-electron chi connectivity index (χ4n) is 2.75. The Morgan fingerprint density at radius 1 is 1.04 bits per heavy atom. The maximum atomic E-state index is 5.75. The van der Waals surface area contributed by atoms with E-state index in [1.54, 1.807) is 0 Å². The molecule has 0 unspecified atom stereocenters. The number of benzene rings is 1. The highest BCUT2D eigenvalue weighted by Crippen LogP contribution is 2.25. The van der Waals surface area contributed by atoms with Crippen molar-refractivity contribution >= 4 is 0 Å². The lowest BCUT2D eigenvalue weighted by molar-refractivity contribution is 0.422. The first-order chi connectivity index (χ1) is 11.5. The van der Waals surface area contributed by atoms with Crippen molar-refractivity contribution in [2.45, 2.75) is 46.2 Å². The molecular weight excluding hydrogens is 302 g/mol. The molecule has 3 aromatic rings. The Morgan fingerprint density at radius 2 is 1.79 bits per heavy atom. The summed E-state index contributed by atoms with van der Waals surface area (Å²) in [7, 11) is 0. The van der Waals surface area contributed by atoms with Crippen LogP contribution in [0.4, 0.5) is 0 Å². The van der Waals surface area contributed by atoms with E-state index >= 15 is 0 Å². The van der Waals surface area contributed by atoms with Crippen molar-refractivity contribution in [3.8, 4) is 11.5 Å². The molecule has 0 radical (unpaired) electrons. The van der Waals surface area contributed by atoms with Crippen LogP contribution in [0.15, 0.2) is 45.2 Å². The van der Waals surface area contributed by atoms with Crippen LogP contribution in [0.5, 0.6) is 0 Å². The van der Waals surface area contributed by atoms with E-state index in [4.69, 9.17) is 8.83 Å². The fourth-order valence-corrected chi connectivity index (χ4v) is 2.75. The molecule has 2 atom stereocenters. The molecule has 24 heavy (non-hydrogen) atoms. The van der Waals surface area contributed by atoms with Gasteiger partial charge in [0.15, 0.2) is 0 Å². The maximum Gasteiger partial charge on any atom is 0.251 e. The lowest BCUT2D eigenvalue weighted by Gasteiger charge is -2.21. The second-order valence-corrected chi connectivity index (χ2v) is 6.20. The highest BCUT2D eigenvalue weighted by molar-refractivity contribution is 5.55. The third-order valence-electron chi connectivity index (χ3n) is 4.39. The number of aryl methyl sites for hydroxylation is 2. The second-order valence-electron chi connectivity index (χ2n) is 6.20. The molecule has 0 fully saturated rings. The number of nitrogens with one attached hydrogen (secondary N) is 1. The predicted molar refractivity (Wildman–Crippen MR) is 92.6 cm³/mol. The summed E-state index contributed by atoms with van der Waals surface area (Å²) < 4.78 is 11.3. The topological polar surface area (TPSA) is 64.1 Å². The van der Waals surface area contributed by atoms with Crippen molar-refractivity contribution in [3.05, 3.63) is 59.4 Å². The number of hydrogen-bond acceptors (Lipinski definition) is 5. The minimum atomic E-state index is 0.292. The third-order valence-corrected chi connectivity index (χ3v) is 4.39. The molecule has 126 valence electrons. The lowest BCUT2D eigenvalue weighted by atomic mass is 9.94. The van der Waals surface area contributed by atoms with Crippen LogP contribution in [-0.2, 0) is 6.54 Å². The van der Waals surface area contributed by atoms with E-state index in [1.807, 2.05) is 26.0 Å². The molecule has 0 amide bonds. The molecule has 2 aromatic heterocycles. The second kappa shape index (κ2) is 7.01. The normalized spacial score (nSPS) is 13.8. The van der Waals surface area contributed by atoms with Gasteiger partial charge in [-0.25, -0.2) is 0 Å². The summed E-state index contributed by atoms with van der Waals surface area (Å²) >= 11 is 0. The molecule has 0 aliphatic heterocycles. The van der Waals surface area contributed by atoms with Gasteiger partial charge in [-0.15, -0.1) is 10.2 Å². The largest absolute Gasteiger partial charge is 0.466 e. The van der Waals surface area contributed by atoms with Crippen LogP contribution in [-0.4, -0.2) is 16.2 Å². The van der Waals surface area contributed by atoms with E-state index in [0.29, 0.717) is 30.3 Å². The molecule has 0 aliphatic carbocycles. The predicted octanol–water partition coefficient (Wildman–Crippen LogP) is 4.23. The van der Waals surface area contributed by atoms with Crippen LogP contribution < -0.4 is 5.32 Å². The summed E-state index contributed by atoms with van der Waals surface area (Å²) in [6.07, 6.45) is 0. The molecule has 0 bridgehead atoms. The number of hydrogen-bond donors (Lipinski definition) is 1. The highest BCUT2D eigenvalue weighted by Gasteiger charge is 2.17. The molecule has 5 heteroatoms. The Balaban J connectivity index is 1.62. The Kier molecular flexibility index (Phi) is 4.81. The molecule has 0 aliphatic rings. The molecule has 2 heterocycles. The van der Waals surface area contributed by atoms with Crippen LogP contribution in [0.3, 0.4) is 0 Å². The van der Waals surface area contributed by atoms with Gasteiger partial charge in [-0.05, 0) is 38.3 Å². The number of furan rings is 1. The first-order valence-corrected chi connectivity index (χ1v) is 8.22. The van der Waals surface area contributed by atoms with Crippen LogP contribution in [0.1, 0.15) is 42.7 Å². The quantitative estimate of drug-likeness (QED) is 0.735. The molecule has 0 saturated carbocycles. The summed E-state index contributed by atoms with van der Waals surface area (Å²) in [5, 5.41) is 11.7. The van der Waals surface area contributed by atoms with Crippen LogP contribution in [0.2, 0.25) is 0 Å². The van der Waals surface area contributed by atoms with E-state index in [0.717, 1.165) is 17.1 Å². The lowest BCUT2D eigenvalue weighted by Crippen LogP contribution is -2.30. The summed E-state index contributed by atoms with van der Waals surface area (Å²) in [6, 6.07) is 12.7. The van der Waals surface area contributed by atoms with Gasteiger partial charge in [-0.2, -0.15) is 0 Å². The van der Waals surface area contributed by atoms with Gasteiger partial charge in [0.25, 0.3) is 5.89 Å². The molecule has 5 nitrogen and oxygen atoms in total. The Hall–Kier alpha value is -2.40. The van der Waals surface area contributed by atoms with Gasteiger partial charge < -0.3 is 14.2 Å². The first kappa shape index (κ1) is 16.5. The molecule has 1 aromatic carbocycles. The number of aromatic nitrogens is 2. The standard InChI is InChI=1S/C19H23N3O2/c1-12-10-17(15(4)23-12)19-22-21-18(24-19)11-20-14(3)13(2)16-8-6-5-7-9-16/h5-10,13-14,20H,11H2,1-4H3/t13-,14-/m0/s1. The highest BCUT2D eigenvalue weighted by atomic mass is 16.4. The summed E-state index contributed by atoms with van der Waals surface area (Å²) in [4.78, 5) is 0.